The highest BCUT2D eigenvalue weighted by Crippen LogP contribution is 2.38. The molecule has 3 heterocycles. The Balaban J connectivity index is 1.50. The third kappa shape index (κ3) is 3.03. The van der Waals surface area contributed by atoms with Crippen LogP contribution in [0.2, 0.25) is 0 Å². The minimum absolute atomic E-state index is 0.0684. The van der Waals surface area contributed by atoms with E-state index in [4.69, 9.17) is 15.2 Å². The standard InChI is InChI=1S/C18H22F2N4O2/c1-25-9-17-13-6-22-23-16(13)7-24(17)11-5-15(21)18(26-8-11)12-4-10(19)2-3-14(12)20/h2-4,6,11,15,17-18H,5,7-9,21H2,1H3,(H,22,23)/t11-,15+,17+,18-/m1/s1. The van der Waals surface area contributed by atoms with E-state index in [2.05, 4.69) is 15.1 Å². The second-order valence-corrected chi connectivity index (χ2v) is 6.92. The summed E-state index contributed by atoms with van der Waals surface area (Å²) in [6.45, 7) is 1.65. The normalized spacial score (nSPS) is 29.1. The SMILES string of the molecule is COC[C@H]1c2cn[nH]c2CN1[C@H]1CO[C@H](c2cc(F)ccc2F)[C@@H](N)C1. The predicted molar refractivity (Wildman–Crippen MR) is 90.2 cm³/mol. The summed E-state index contributed by atoms with van der Waals surface area (Å²) in [4.78, 5) is 2.28. The number of fused-ring (bicyclic) bond motifs is 1. The summed E-state index contributed by atoms with van der Waals surface area (Å²) in [7, 11) is 1.67. The maximum absolute atomic E-state index is 14.1. The molecule has 26 heavy (non-hydrogen) atoms. The number of hydrogen-bond donors (Lipinski definition) is 2. The van der Waals surface area contributed by atoms with Crippen molar-refractivity contribution in [2.24, 2.45) is 5.73 Å². The van der Waals surface area contributed by atoms with Gasteiger partial charge in [0, 0.05) is 36.9 Å². The van der Waals surface area contributed by atoms with Gasteiger partial charge in [-0.25, -0.2) is 8.78 Å². The monoisotopic (exact) mass is 364 g/mol. The van der Waals surface area contributed by atoms with E-state index in [0.29, 0.717) is 26.2 Å². The van der Waals surface area contributed by atoms with Crippen molar-refractivity contribution in [1.82, 2.24) is 15.1 Å². The van der Waals surface area contributed by atoms with Crippen molar-refractivity contribution >= 4 is 0 Å². The zero-order valence-electron chi connectivity index (χ0n) is 14.5. The number of hydrogen-bond acceptors (Lipinski definition) is 5. The Bertz CT molecular complexity index is 784. The quantitative estimate of drug-likeness (QED) is 0.868. The summed E-state index contributed by atoms with van der Waals surface area (Å²) in [5.41, 5.74) is 8.67. The minimum atomic E-state index is -0.648. The van der Waals surface area contributed by atoms with Crippen LogP contribution in [0.4, 0.5) is 8.78 Å². The van der Waals surface area contributed by atoms with Crippen molar-refractivity contribution in [3.63, 3.8) is 0 Å². The Labute approximate surface area is 150 Å². The van der Waals surface area contributed by atoms with Gasteiger partial charge in [-0.15, -0.1) is 0 Å². The number of halogens is 2. The second kappa shape index (κ2) is 7.03. The van der Waals surface area contributed by atoms with Gasteiger partial charge >= 0.3 is 0 Å². The number of nitrogens with two attached hydrogens (primary N) is 1. The van der Waals surface area contributed by atoms with Crippen molar-refractivity contribution in [2.75, 3.05) is 20.3 Å². The van der Waals surface area contributed by atoms with Crippen molar-refractivity contribution in [3.8, 4) is 0 Å². The maximum Gasteiger partial charge on any atom is 0.129 e. The van der Waals surface area contributed by atoms with Crippen LogP contribution in [0.15, 0.2) is 24.4 Å². The molecule has 1 aromatic heterocycles. The van der Waals surface area contributed by atoms with Crippen LogP contribution in [0.25, 0.3) is 0 Å². The number of nitrogens with zero attached hydrogens (tertiary/aromatic N) is 2. The van der Waals surface area contributed by atoms with Gasteiger partial charge in [0.1, 0.15) is 17.7 Å². The zero-order chi connectivity index (χ0) is 18.3. The lowest BCUT2D eigenvalue weighted by molar-refractivity contribution is -0.0672. The number of H-pyrrole nitrogens is 1. The molecule has 0 aliphatic carbocycles. The third-order valence-electron chi connectivity index (χ3n) is 5.31. The van der Waals surface area contributed by atoms with E-state index in [1.165, 1.54) is 6.07 Å². The molecule has 0 bridgehead atoms. The van der Waals surface area contributed by atoms with Crippen molar-refractivity contribution in [2.45, 2.75) is 37.2 Å². The molecule has 8 heteroatoms. The molecule has 6 nitrogen and oxygen atoms in total. The van der Waals surface area contributed by atoms with E-state index in [0.717, 1.165) is 23.4 Å². The van der Waals surface area contributed by atoms with E-state index in [1.54, 1.807) is 7.11 Å². The number of nitrogens with one attached hydrogen (secondary N) is 1. The largest absolute Gasteiger partial charge is 0.383 e. The molecular weight excluding hydrogens is 342 g/mol. The van der Waals surface area contributed by atoms with Gasteiger partial charge in [0.05, 0.1) is 31.1 Å². The summed E-state index contributed by atoms with van der Waals surface area (Å²) in [6.07, 6.45) is 1.80. The molecule has 1 aromatic carbocycles. The molecule has 0 spiro atoms. The summed E-state index contributed by atoms with van der Waals surface area (Å²) in [5.74, 6) is -0.991. The van der Waals surface area contributed by atoms with Gasteiger partial charge in [-0.1, -0.05) is 0 Å². The smallest absolute Gasteiger partial charge is 0.129 e. The Kier molecular flexibility index (Phi) is 4.74. The lowest BCUT2D eigenvalue weighted by Crippen LogP contribution is -2.49. The number of aromatic nitrogens is 2. The van der Waals surface area contributed by atoms with Gasteiger partial charge in [0.2, 0.25) is 0 Å². The van der Waals surface area contributed by atoms with Gasteiger partial charge in [-0.3, -0.25) is 10.00 Å². The number of ether oxygens (including phenoxy) is 2. The molecule has 1 fully saturated rings. The Hall–Kier alpha value is -1.87. The fourth-order valence-electron chi connectivity index (χ4n) is 4.06. The van der Waals surface area contributed by atoms with Crippen molar-refractivity contribution < 1.29 is 18.3 Å². The van der Waals surface area contributed by atoms with E-state index in [9.17, 15) is 8.78 Å². The topological polar surface area (TPSA) is 76.4 Å². The number of methoxy groups -OCH3 is 1. The first-order valence-electron chi connectivity index (χ1n) is 8.67. The van der Waals surface area contributed by atoms with E-state index < -0.39 is 23.8 Å². The van der Waals surface area contributed by atoms with Crippen molar-refractivity contribution in [1.29, 1.82) is 0 Å². The zero-order valence-corrected chi connectivity index (χ0v) is 14.5. The summed E-state index contributed by atoms with van der Waals surface area (Å²) in [6, 6.07) is 3.10. The van der Waals surface area contributed by atoms with Crippen molar-refractivity contribution in [3.05, 3.63) is 52.9 Å². The first kappa shape index (κ1) is 17.5. The lowest BCUT2D eigenvalue weighted by atomic mass is 9.93. The molecular formula is C18H22F2N4O2. The highest BCUT2D eigenvalue weighted by atomic mass is 19.1. The molecule has 3 N–H and O–H groups in total. The van der Waals surface area contributed by atoms with Gasteiger partial charge < -0.3 is 15.2 Å². The summed E-state index contributed by atoms with van der Waals surface area (Å²) in [5, 5.41) is 7.12. The molecule has 4 atom stereocenters. The van der Waals surface area contributed by atoms with Gasteiger partial charge in [0.25, 0.3) is 0 Å². The molecule has 0 saturated carbocycles. The molecule has 0 radical (unpaired) electrons. The lowest BCUT2D eigenvalue weighted by Gasteiger charge is -2.40. The third-order valence-corrected chi connectivity index (χ3v) is 5.31. The van der Waals surface area contributed by atoms with Crippen LogP contribution in [0, 0.1) is 11.6 Å². The Morgan fingerprint density at radius 2 is 2.23 bits per heavy atom. The average Bonchev–Trinajstić information content (AvgIpc) is 3.20. The second-order valence-electron chi connectivity index (χ2n) is 6.92. The maximum atomic E-state index is 14.1. The molecule has 0 amide bonds. The first-order chi connectivity index (χ1) is 12.6. The molecule has 140 valence electrons. The Morgan fingerprint density at radius 1 is 1.38 bits per heavy atom. The summed E-state index contributed by atoms with van der Waals surface area (Å²) < 4.78 is 38.9. The van der Waals surface area contributed by atoms with Crippen LogP contribution in [0.3, 0.4) is 0 Å². The predicted octanol–water partition coefficient (Wildman–Crippen LogP) is 2.05. The minimum Gasteiger partial charge on any atom is -0.383 e. The molecule has 2 aliphatic heterocycles. The molecule has 0 unspecified atom stereocenters. The van der Waals surface area contributed by atoms with Crippen LogP contribution in [-0.2, 0) is 16.0 Å². The van der Waals surface area contributed by atoms with Crippen LogP contribution in [-0.4, -0.2) is 47.5 Å². The number of aromatic amines is 1. The highest BCUT2D eigenvalue weighted by Gasteiger charge is 2.41. The van der Waals surface area contributed by atoms with E-state index >= 15 is 0 Å². The Morgan fingerprint density at radius 3 is 3.00 bits per heavy atom. The van der Waals surface area contributed by atoms with Crippen LogP contribution < -0.4 is 5.73 Å². The van der Waals surface area contributed by atoms with Crippen LogP contribution in [0.5, 0.6) is 0 Å². The first-order valence-corrected chi connectivity index (χ1v) is 8.67. The fourth-order valence-corrected chi connectivity index (χ4v) is 4.06. The molecule has 2 aromatic rings. The van der Waals surface area contributed by atoms with Gasteiger partial charge in [-0.05, 0) is 24.6 Å². The molecule has 4 rings (SSSR count). The van der Waals surface area contributed by atoms with Gasteiger partial charge in [-0.2, -0.15) is 5.10 Å². The van der Waals surface area contributed by atoms with E-state index in [-0.39, 0.29) is 17.6 Å². The molecule has 2 aliphatic rings. The van der Waals surface area contributed by atoms with Crippen LogP contribution >= 0.6 is 0 Å². The number of benzene rings is 1. The number of rotatable bonds is 4. The van der Waals surface area contributed by atoms with Crippen LogP contribution in [0.1, 0.15) is 35.4 Å². The fraction of sp³-hybridized carbons (Fsp3) is 0.500. The van der Waals surface area contributed by atoms with E-state index in [1.807, 2.05) is 6.20 Å². The highest BCUT2D eigenvalue weighted by molar-refractivity contribution is 5.27. The average molecular weight is 364 g/mol. The van der Waals surface area contributed by atoms with Gasteiger partial charge in [0.15, 0.2) is 0 Å². The molecule has 1 saturated heterocycles. The summed E-state index contributed by atoms with van der Waals surface area (Å²) >= 11 is 0.